The van der Waals surface area contributed by atoms with E-state index in [1.54, 1.807) is 18.5 Å². The highest BCUT2D eigenvalue weighted by atomic mass is 19.3. The predicted octanol–water partition coefficient (Wildman–Crippen LogP) is 4.22. The van der Waals surface area contributed by atoms with E-state index in [1.165, 1.54) is 12.1 Å². The van der Waals surface area contributed by atoms with Gasteiger partial charge >= 0.3 is 0 Å². The molecule has 1 N–H and O–H groups in total. The number of nitrogens with one attached hydrogen (secondary N) is 1. The van der Waals surface area contributed by atoms with Crippen LogP contribution in [0.25, 0.3) is 10.9 Å². The van der Waals surface area contributed by atoms with Crippen molar-refractivity contribution in [1.29, 1.82) is 0 Å². The van der Waals surface area contributed by atoms with Gasteiger partial charge < -0.3 is 14.6 Å². The van der Waals surface area contributed by atoms with Crippen LogP contribution >= 0.6 is 0 Å². The van der Waals surface area contributed by atoms with E-state index in [9.17, 15) is 18.0 Å². The minimum Gasteiger partial charge on any atom is -0.381 e. The van der Waals surface area contributed by atoms with Crippen molar-refractivity contribution >= 4 is 16.7 Å². The average Bonchev–Trinajstić information content (AvgIpc) is 2.76. The van der Waals surface area contributed by atoms with Crippen molar-refractivity contribution in [2.75, 3.05) is 18.5 Å². The Bertz CT molecular complexity index is 1170. The van der Waals surface area contributed by atoms with Crippen LogP contribution < -0.4 is 10.9 Å². The average molecular weight is 432 g/mol. The van der Waals surface area contributed by atoms with Gasteiger partial charge in [-0.25, -0.2) is 23.1 Å². The monoisotopic (exact) mass is 432 g/mol. The van der Waals surface area contributed by atoms with E-state index >= 15 is 0 Å². The van der Waals surface area contributed by atoms with Gasteiger partial charge in [0, 0.05) is 44.0 Å². The maximum Gasteiger partial charge on any atom is 0.277 e. The van der Waals surface area contributed by atoms with Gasteiger partial charge in [0.25, 0.3) is 12.0 Å². The summed E-state index contributed by atoms with van der Waals surface area (Å²) in [6.07, 6.45) is -1.29. The van der Waals surface area contributed by atoms with Crippen LogP contribution in [-0.2, 0) is 18.3 Å². The SMILES string of the molecule is Cc1nc(NCc2cccc(C(F)F)c2F)c2cc(C3CCOCC3)n(C)c(=O)c2n1. The van der Waals surface area contributed by atoms with Crippen LogP contribution in [0.3, 0.4) is 0 Å². The Kier molecular flexibility index (Phi) is 5.95. The molecule has 6 nitrogen and oxygen atoms in total. The van der Waals surface area contributed by atoms with Crippen LogP contribution in [0.1, 0.15) is 47.8 Å². The lowest BCUT2D eigenvalue weighted by molar-refractivity contribution is 0.0838. The number of pyridine rings is 1. The van der Waals surface area contributed by atoms with E-state index in [0.717, 1.165) is 24.6 Å². The maximum atomic E-state index is 14.4. The molecule has 0 amide bonds. The molecule has 0 atom stereocenters. The largest absolute Gasteiger partial charge is 0.381 e. The minimum atomic E-state index is -2.90. The lowest BCUT2D eigenvalue weighted by Gasteiger charge is -2.24. The number of ether oxygens (including phenoxy) is 1. The van der Waals surface area contributed by atoms with E-state index in [-0.39, 0.29) is 29.1 Å². The Balaban J connectivity index is 1.75. The summed E-state index contributed by atoms with van der Waals surface area (Å²) in [7, 11) is 1.72. The Labute approximate surface area is 177 Å². The van der Waals surface area contributed by atoms with Crippen molar-refractivity contribution in [2.24, 2.45) is 7.05 Å². The molecule has 164 valence electrons. The summed E-state index contributed by atoms with van der Waals surface area (Å²) < 4.78 is 47.5. The van der Waals surface area contributed by atoms with E-state index in [0.29, 0.717) is 30.2 Å². The Morgan fingerprint density at radius 1 is 1.26 bits per heavy atom. The van der Waals surface area contributed by atoms with Crippen molar-refractivity contribution in [3.05, 3.63) is 63.1 Å². The second kappa shape index (κ2) is 8.66. The molecule has 0 aliphatic carbocycles. The normalized spacial score (nSPS) is 15.0. The molecule has 1 saturated heterocycles. The first kappa shape index (κ1) is 21.3. The number of rotatable bonds is 5. The van der Waals surface area contributed by atoms with Crippen molar-refractivity contribution in [2.45, 2.75) is 38.7 Å². The van der Waals surface area contributed by atoms with E-state index < -0.39 is 17.8 Å². The number of aryl methyl sites for hydroxylation is 1. The highest BCUT2D eigenvalue weighted by Crippen LogP contribution is 2.30. The number of fused-ring (bicyclic) bond motifs is 1. The summed E-state index contributed by atoms with van der Waals surface area (Å²) in [5, 5.41) is 3.55. The quantitative estimate of drug-likeness (QED) is 0.654. The van der Waals surface area contributed by atoms with Gasteiger partial charge in [-0.15, -0.1) is 0 Å². The number of aromatic nitrogens is 3. The van der Waals surface area contributed by atoms with Gasteiger partial charge in [-0.2, -0.15) is 0 Å². The van der Waals surface area contributed by atoms with Crippen LogP contribution in [-0.4, -0.2) is 27.7 Å². The van der Waals surface area contributed by atoms with Gasteiger partial charge in [-0.1, -0.05) is 18.2 Å². The molecule has 4 rings (SSSR count). The zero-order valence-electron chi connectivity index (χ0n) is 17.3. The summed E-state index contributed by atoms with van der Waals surface area (Å²) >= 11 is 0. The van der Waals surface area contributed by atoms with Gasteiger partial charge in [-0.05, 0) is 25.8 Å². The number of hydrogen-bond acceptors (Lipinski definition) is 5. The molecule has 3 aromatic rings. The van der Waals surface area contributed by atoms with E-state index in [2.05, 4.69) is 15.3 Å². The number of hydrogen-bond donors (Lipinski definition) is 1. The molecule has 31 heavy (non-hydrogen) atoms. The standard InChI is InChI=1S/C22H23F3N4O2/c1-12-27-19-16(10-17(29(2)22(19)30)13-6-8-31-9-7-13)21(28-12)26-11-14-4-3-5-15(18(14)23)20(24)25/h3-5,10,13,20H,6-9,11H2,1-2H3,(H,26,27,28). The molecule has 2 aromatic heterocycles. The van der Waals surface area contributed by atoms with Crippen LogP contribution in [0.15, 0.2) is 29.1 Å². The lowest BCUT2D eigenvalue weighted by Crippen LogP contribution is -2.26. The molecule has 1 aliphatic heterocycles. The van der Waals surface area contributed by atoms with Crippen molar-refractivity contribution < 1.29 is 17.9 Å². The third kappa shape index (κ3) is 4.14. The molecule has 1 fully saturated rings. The smallest absolute Gasteiger partial charge is 0.277 e. The van der Waals surface area contributed by atoms with Crippen molar-refractivity contribution in [1.82, 2.24) is 14.5 Å². The number of alkyl halides is 2. The van der Waals surface area contributed by atoms with Crippen LogP contribution in [0.2, 0.25) is 0 Å². The molecule has 1 aliphatic rings. The van der Waals surface area contributed by atoms with E-state index in [1.807, 2.05) is 6.07 Å². The second-order valence-electron chi connectivity index (χ2n) is 7.68. The topological polar surface area (TPSA) is 69.0 Å². The Morgan fingerprint density at radius 2 is 2.00 bits per heavy atom. The first-order valence-electron chi connectivity index (χ1n) is 10.1. The molecular formula is C22H23F3N4O2. The maximum absolute atomic E-state index is 14.4. The third-order valence-corrected chi connectivity index (χ3v) is 5.67. The first-order valence-corrected chi connectivity index (χ1v) is 10.1. The summed E-state index contributed by atoms with van der Waals surface area (Å²) in [5.74, 6) is -0.0212. The highest BCUT2D eigenvalue weighted by Gasteiger charge is 2.22. The zero-order valence-corrected chi connectivity index (χ0v) is 17.3. The third-order valence-electron chi connectivity index (χ3n) is 5.67. The molecule has 1 aromatic carbocycles. The molecule has 0 unspecified atom stereocenters. The lowest BCUT2D eigenvalue weighted by atomic mass is 9.95. The van der Waals surface area contributed by atoms with Gasteiger partial charge in [0.1, 0.15) is 23.0 Å². The number of halogens is 3. The molecule has 9 heteroatoms. The molecule has 3 heterocycles. The molecule has 0 saturated carbocycles. The second-order valence-corrected chi connectivity index (χ2v) is 7.68. The fraction of sp³-hybridized carbons (Fsp3) is 0.409. The fourth-order valence-electron chi connectivity index (χ4n) is 4.01. The van der Waals surface area contributed by atoms with Gasteiger partial charge in [0.15, 0.2) is 0 Å². The minimum absolute atomic E-state index is 0.0558. The first-order chi connectivity index (χ1) is 14.9. The number of benzene rings is 1. The van der Waals surface area contributed by atoms with Gasteiger partial charge in [0.2, 0.25) is 0 Å². The van der Waals surface area contributed by atoms with Crippen LogP contribution in [0.4, 0.5) is 19.0 Å². The Hall–Kier alpha value is -2.94. The van der Waals surface area contributed by atoms with Crippen molar-refractivity contribution in [3.8, 4) is 0 Å². The zero-order chi connectivity index (χ0) is 22.1. The predicted molar refractivity (Wildman–Crippen MR) is 111 cm³/mol. The summed E-state index contributed by atoms with van der Waals surface area (Å²) in [5.41, 5.74) is 0.338. The molecule has 0 spiro atoms. The summed E-state index contributed by atoms with van der Waals surface area (Å²) in [6, 6.07) is 5.79. The van der Waals surface area contributed by atoms with Gasteiger partial charge in [-0.3, -0.25) is 4.79 Å². The van der Waals surface area contributed by atoms with Crippen LogP contribution in [0, 0.1) is 12.7 Å². The molecule has 0 radical (unpaired) electrons. The highest BCUT2D eigenvalue weighted by molar-refractivity contribution is 5.89. The van der Waals surface area contributed by atoms with E-state index in [4.69, 9.17) is 4.74 Å². The summed E-state index contributed by atoms with van der Waals surface area (Å²) in [4.78, 5) is 21.7. The Morgan fingerprint density at radius 3 is 2.71 bits per heavy atom. The fourth-order valence-corrected chi connectivity index (χ4v) is 4.01. The number of nitrogens with zero attached hydrogens (tertiary/aromatic N) is 3. The summed E-state index contributed by atoms with van der Waals surface area (Å²) in [6.45, 7) is 2.87. The number of anilines is 1. The van der Waals surface area contributed by atoms with Crippen molar-refractivity contribution in [3.63, 3.8) is 0 Å². The van der Waals surface area contributed by atoms with Crippen LogP contribution in [0.5, 0.6) is 0 Å². The molecular weight excluding hydrogens is 409 g/mol. The molecule has 0 bridgehead atoms. The van der Waals surface area contributed by atoms with Gasteiger partial charge in [0.05, 0.1) is 10.9 Å².